The van der Waals surface area contributed by atoms with Gasteiger partial charge in [-0.1, -0.05) is 25.5 Å². The number of rotatable bonds is 6. The van der Waals surface area contributed by atoms with E-state index in [2.05, 4.69) is 19.1 Å². The monoisotopic (exact) mass is 278 g/mol. The Bertz CT molecular complexity index is 399. The molecule has 0 amide bonds. The fourth-order valence-electron chi connectivity index (χ4n) is 2.90. The third-order valence-corrected chi connectivity index (χ3v) is 4.18. The van der Waals surface area contributed by atoms with Crippen molar-refractivity contribution in [1.29, 1.82) is 0 Å². The van der Waals surface area contributed by atoms with E-state index < -0.39 is 5.60 Å². The minimum absolute atomic E-state index is 0.231. The second kappa shape index (κ2) is 7.09. The van der Waals surface area contributed by atoms with Gasteiger partial charge < -0.3 is 14.6 Å². The molecule has 2 unspecified atom stereocenters. The van der Waals surface area contributed by atoms with E-state index in [1.54, 1.807) is 7.11 Å². The van der Waals surface area contributed by atoms with Gasteiger partial charge in [0.1, 0.15) is 5.75 Å². The zero-order valence-corrected chi connectivity index (χ0v) is 12.6. The lowest BCUT2D eigenvalue weighted by atomic mass is 9.84. The standard InChI is InChI=1S/C17H26O3/c1-3-4-16-13-17(18,11-12-20-16)10-9-14-5-7-15(19-2)8-6-14/h5-8,16,18H,3-4,9-13H2,1-2H3. The molecule has 0 spiro atoms. The van der Waals surface area contributed by atoms with Crippen LogP contribution in [0.1, 0.15) is 44.6 Å². The predicted molar refractivity (Wildman–Crippen MR) is 80.1 cm³/mol. The number of methoxy groups -OCH3 is 1. The van der Waals surface area contributed by atoms with Crippen LogP contribution in [0.15, 0.2) is 24.3 Å². The number of benzene rings is 1. The van der Waals surface area contributed by atoms with E-state index in [1.165, 1.54) is 5.56 Å². The Hall–Kier alpha value is -1.06. The lowest BCUT2D eigenvalue weighted by Crippen LogP contribution is -2.41. The van der Waals surface area contributed by atoms with Gasteiger partial charge in [0.05, 0.1) is 18.8 Å². The summed E-state index contributed by atoms with van der Waals surface area (Å²) < 4.78 is 10.9. The zero-order valence-electron chi connectivity index (χ0n) is 12.6. The maximum absolute atomic E-state index is 10.7. The van der Waals surface area contributed by atoms with Gasteiger partial charge in [-0.3, -0.25) is 0 Å². The number of hydrogen-bond acceptors (Lipinski definition) is 3. The molecule has 1 aliphatic rings. The Balaban J connectivity index is 1.87. The van der Waals surface area contributed by atoms with Gasteiger partial charge in [-0.05, 0) is 43.4 Å². The van der Waals surface area contributed by atoms with Gasteiger partial charge in [0.25, 0.3) is 0 Å². The second-order valence-corrected chi connectivity index (χ2v) is 5.81. The Kier molecular flexibility index (Phi) is 5.44. The topological polar surface area (TPSA) is 38.7 Å². The maximum Gasteiger partial charge on any atom is 0.118 e. The molecule has 3 nitrogen and oxygen atoms in total. The van der Waals surface area contributed by atoms with Crippen LogP contribution in [-0.2, 0) is 11.2 Å². The molecule has 1 heterocycles. The van der Waals surface area contributed by atoms with Crippen LogP contribution in [0.25, 0.3) is 0 Å². The summed E-state index contributed by atoms with van der Waals surface area (Å²) >= 11 is 0. The van der Waals surface area contributed by atoms with Gasteiger partial charge in [-0.15, -0.1) is 0 Å². The average molecular weight is 278 g/mol. The fraction of sp³-hybridized carbons (Fsp3) is 0.647. The minimum atomic E-state index is -0.558. The first-order valence-electron chi connectivity index (χ1n) is 7.62. The normalized spacial score (nSPS) is 26.4. The lowest BCUT2D eigenvalue weighted by molar-refractivity contribution is -0.108. The third-order valence-electron chi connectivity index (χ3n) is 4.18. The minimum Gasteiger partial charge on any atom is -0.497 e. The number of aliphatic hydroxyl groups is 1. The molecule has 1 aliphatic heterocycles. The van der Waals surface area contributed by atoms with Crippen molar-refractivity contribution in [2.75, 3.05) is 13.7 Å². The quantitative estimate of drug-likeness (QED) is 0.867. The smallest absolute Gasteiger partial charge is 0.118 e. The summed E-state index contributed by atoms with van der Waals surface area (Å²) in [5.41, 5.74) is 0.690. The molecule has 112 valence electrons. The Labute approximate surface area is 121 Å². The van der Waals surface area contributed by atoms with Crippen LogP contribution in [0.3, 0.4) is 0 Å². The van der Waals surface area contributed by atoms with Crippen molar-refractivity contribution in [3.05, 3.63) is 29.8 Å². The molecule has 0 aromatic heterocycles. The summed E-state index contributed by atoms with van der Waals surface area (Å²) in [4.78, 5) is 0. The number of aryl methyl sites for hydroxylation is 1. The van der Waals surface area contributed by atoms with Crippen molar-refractivity contribution in [2.45, 2.75) is 57.2 Å². The van der Waals surface area contributed by atoms with Gasteiger partial charge >= 0.3 is 0 Å². The van der Waals surface area contributed by atoms with Crippen LogP contribution < -0.4 is 4.74 Å². The van der Waals surface area contributed by atoms with Gasteiger partial charge in [-0.25, -0.2) is 0 Å². The van der Waals surface area contributed by atoms with E-state index in [-0.39, 0.29) is 6.10 Å². The first kappa shape index (κ1) is 15.3. The van der Waals surface area contributed by atoms with Crippen molar-refractivity contribution in [1.82, 2.24) is 0 Å². The van der Waals surface area contributed by atoms with Crippen LogP contribution >= 0.6 is 0 Å². The van der Waals surface area contributed by atoms with E-state index in [9.17, 15) is 5.11 Å². The molecule has 1 saturated heterocycles. The Morgan fingerprint density at radius 2 is 2.10 bits per heavy atom. The third kappa shape index (κ3) is 4.22. The lowest BCUT2D eigenvalue weighted by Gasteiger charge is -2.37. The van der Waals surface area contributed by atoms with Gasteiger partial charge in [0.2, 0.25) is 0 Å². The highest BCUT2D eigenvalue weighted by Crippen LogP contribution is 2.31. The van der Waals surface area contributed by atoms with Crippen LogP contribution in [-0.4, -0.2) is 30.5 Å². The predicted octanol–water partition coefficient (Wildman–Crippen LogP) is 3.34. The van der Waals surface area contributed by atoms with Gasteiger partial charge in [-0.2, -0.15) is 0 Å². The largest absolute Gasteiger partial charge is 0.497 e. The maximum atomic E-state index is 10.7. The number of ether oxygens (including phenoxy) is 2. The van der Waals surface area contributed by atoms with Crippen molar-refractivity contribution < 1.29 is 14.6 Å². The second-order valence-electron chi connectivity index (χ2n) is 5.81. The van der Waals surface area contributed by atoms with Crippen LogP contribution in [0, 0.1) is 0 Å². The average Bonchev–Trinajstić information content (AvgIpc) is 2.46. The summed E-state index contributed by atoms with van der Waals surface area (Å²) in [7, 11) is 1.67. The SMILES string of the molecule is CCCC1CC(O)(CCc2ccc(OC)cc2)CCO1. The van der Waals surface area contributed by atoms with Crippen molar-refractivity contribution >= 4 is 0 Å². The highest BCUT2D eigenvalue weighted by Gasteiger charge is 2.34. The van der Waals surface area contributed by atoms with Crippen LogP contribution in [0.5, 0.6) is 5.75 Å². The van der Waals surface area contributed by atoms with Crippen molar-refractivity contribution in [2.24, 2.45) is 0 Å². The van der Waals surface area contributed by atoms with Gasteiger partial charge in [0.15, 0.2) is 0 Å². The van der Waals surface area contributed by atoms with Crippen LogP contribution in [0.4, 0.5) is 0 Å². The molecule has 3 heteroatoms. The summed E-state index contributed by atoms with van der Waals surface area (Å²) in [6, 6.07) is 8.10. The van der Waals surface area contributed by atoms with Gasteiger partial charge in [0, 0.05) is 13.0 Å². The number of hydrogen-bond donors (Lipinski definition) is 1. The molecule has 0 saturated carbocycles. The molecule has 1 aromatic carbocycles. The molecular weight excluding hydrogens is 252 g/mol. The fourth-order valence-corrected chi connectivity index (χ4v) is 2.90. The molecule has 0 aliphatic carbocycles. The molecule has 20 heavy (non-hydrogen) atoms. The molecule has 0 bridgehead atoms. The summed E-state index contributed by atoms with van der Waals surface area (Å²) in [5, 5.41) is 10.7. The molecule has 2 rings (SSSR count). The van der Waals surface area contributed by atoms with E-state index in [1.807, 2.05) is 12.1 Å². The summed E-state index contributed by atoms with van der Waals surface area (Å²) in [6.45, 7) is 2.85. The first-order valence-corrected chi connectivity index (χ1v) is 7.62. The highest BCUT2D eigenvalue weighted by molar-refractivity contribution is 5.27. The molecule has 0 radical (unpaired) electrons. The molecule has 1 aromatic rings. The van der Waals surface area contributed by atoms with Crippen LogP contribution in [0.2, 0.25) is 0 Å². The molecule has 2 atom stereocenters. The van der Waals surface area contributed by atoms with E-state index >= 15 is 0 Å². The molecular formula is C17H26O3. The van der Waals surface area contributed by atoms with Crippen molar-refractivity contribution in [3.63, 3.8) is 0 Å². The summed E-state index contributed by atoms with van der Waals surface area (Å²) in [6.07, 6.45) is 5.63. The van der Waals surface area contributed by atoms with E-state index in [0.29, 0.717) is 6.61 Å². The van der Waals surface area contributed by atoms with Crippen molar-refractivity contribution in [3.8, 4) is 5.75 Å². The van der Waals surface area contributed by atoms with E-state index in [4.69, 9.17) is 9.47 Å². The van der Waals surface area contributed by atoms with E-state index in [0.717, 1.165) is 44.3 Å². The zero-order chi connectivity index (χ0) is 14.4. The molecule has 1 fully saturated rings. The highest BCUT2D eigenvalue weighted by atomic mass is 16.5. The molecule has 1 N–H and O–H groups in total. The Morgan fingerprint density at radius 3 is 2.75 bits per heavy atom. The first-order chi connectivity index (χ1) is 9.65. The Morgan fingerprint density at radius 1 is 1.35 bits per heavy atom. The summed E-state index contributed by atoms with van der Waals surface area (Å²) in [5.74, 6) is 0.876.